The Balaban J connectivity index is 1.49. The van der Waals surface area contributed by atoms with Gasteiger partial charge in [0, 0.05) is 6.20 Å². The van der Waals surface area contributed by atoms with Crippen LogP contribution in [0.4, 0.5) is 14.6 Å². The third kappa shape index (κ3) is 7.85. The second-order valence-corrected chi connectivity index (χ2v) is 12.4. The highest BCUT2D eigenvalue weighted by molar-refractivity contribution is 8.00. The predicted octanol–water partition coefficient (Wildman–Crippen LogP) is 3.86. The minimum absolute atomic E-state index is 0.0506. The molecule has 0 radical (unpaired) electrons. The van der Waals surface area contributed by atoms with E-state index in [0.29, 0.717) is 0 Å². The number of thioether (sulfide) groups is 1. The Morgan fingerprint density at radius 3 is 2.71 bits per heavy atom. The Kier molecular flexibility index (Phi) is 10.1. The topological polar surface area (TPSA) is 155 Å². The zero-order valence-electron chi connectivity index (χ0n) is 21.4. The standard InChI is InChI=1S/C25H26ClF2N4O7PS/c1-14(24(34)37-12-15-5-3-2-4-6-15)31-40(36,39-18-8-7-16(27)11-17(18)26)38-13-19-22(33)21(28)23(41-19)32-10-9-20(29)30-25(32)35/h2-11,14,19,21-23,33H,12-13H2,1H3,(H,31,36)(H2,29,30,35)/t14-,19+,21-,22+,23+,40?/m0/s1. The third-order valence-corrected chi connectivity index (χ3v) is 9.33. The van der Waals surface area contributed by atoms with Gasteiger partial charge < -0.3 is 20.1 Å². The molecular weight excluding hydrogens is 605 g/mol. The molecule has 3 aromatic rings. The summed E-state index contributed by atoms with van der Waals surface area (Å²) in [5.41, 5.74) is 5.40. The fraction of sp³-hybridized carbons (Fsp3) is 0.320. The largest absolute Gasteiger partial charge is 0.460 e. The Hall–Kier alpha value is -3.00. The van der Waals surface area contributed by atoms with Crippen molar-refractivity contribution in [2.45, 2.75) is 42.5 Å². The number of anilines is 1. The molecule has 1 unspecified atom stereocenters. The first-order valence-corrected chi connectivity index (χ1v) is 15.0. The number of rotatable bonds is 11. The quantitative estimate of drug-likeness (QED) is 0.209. The molecule has 0 saturated carbocycles. The van der Waals surface area contributed by atoms with Crippen molar-refractivity contribution in [1.82, 2.24) is 14.6 Å². The normalized spacial score (nSPS) is 22.6. The number of hydrogen-bond acceptors (Lipinski definition) is 10. The summed E-state index contributed by atoms with van der Waals surface area (Å²) < 4.78 is 59.7. The zero-order valence-corrected chi connectivity index (χ0v) is 23.9. The van der Waals surface area contributed by atoms with Crippen LogP contribution in [0.5, 0.6) is 5.75 Å². The second kappa shape index (κ2) is 13.3. The lowest BCUT2D eigenvalue weighted by molar-refractivity contribution is -0.146. The minimum atomic E-state index is -4.50. The summed E-state index contributed by atoms with van der Waals surface area (Å²) in [6.07, 6.45) is -2.30. The van der Waals surface area contributed by atoms with Gasteiger partial charge >= 0.3 is 19.4 Å². The number of ether oxygens (including phenoxy) is 1. The maximum Gasteiger partial charge on any atom is 0.459 e. The maximum absolute atomic E-state index is 15.0. The van der Waals surface area contributed by atoms with Crippen molar-refractivity contribution >= 4 is 42.9 Å². The molecule has 11 nitrogen and oxygen atoms in total. The van der Waals surface area contributed by atoms with E-state index in [0.717, 1.165) is 40.1 Å². The van der Waals surface area contributed by atoms with Crippen LogP contribution in [0.15, 0.2) is 65.6 Å². The molecule has 16 heteroatoms. The Bertz CT molecular complexity index is 1490. The first-order chi connectivity index (χ1) is 19.5. The van der Waals surface area contributed by atoms with E-state index in [1.807, 2.05) is 0 Å². The number of carbonyl (C=O) groups excluding carboxylic acids is 1. The number of halogens is 3. The van der Waals surface area contributed by atoms with Gasteiger partial charge in [0.2, 0.25) is 0 Å². The van der Waals surface area contributed by atoms with Gasteiger partial charge in [-0.3, -0.25) is 13.9 Å². The smallest absolute Gasteiger partial charge is 0.459 e. The number of carbonyl (C=O) groups is 1. The number of nitrogens with two attached hydrogens (primary N) is 1. The fourth-order valence-corrected chi connectivity index (χ4v) is 7.08. The van der Waals surface area contributed by atoms with Crippen molar-refractivity contribution in [2.24, 2.45) is 0 Å². The molecule has 1 saturated heterocycles. The van der Waals surface area contributed by atoms with Crippen LogP contribution in [0.25, 0.3) is 0 Å². The van der Waals surface area contributed by atoms with Crippen molar-refractivity contribution in [3.63, 3.8) is 0 Å². The van der Waals surface area contributed by atoms with Gasteiger partial charge in [0.25, 0.3) is 0 Å². The number of benzene rings is 2. The second-order valence-electron chi connectivity index (χ2n) is 8.95. The molecule has 2 heterocycles. The summed E-state index contributed by atoms with van der Waals surface area (Å²) in [5.74, 6) is -1.75. The van der Waals surface area contributed by atoms with Gasteiger partial charge in [0.15, 0.2) is 6.17 Å². The fourth-order valence-electron chi connectivity index (χ4n) is 3.77. The summed E-state index contributed by atoms with van der Waals surface area (Å²) in [6, 6.07) is 12.0. The van der Waals surface area contributed by atoms with Gasteiger partial charge in [0.1, 0.15) is 41.5 Å². The average molecular weight is 631 g/mol. The molecule has 2 aromatic carbocycles. The molecule has 1 aromatic heterocycles. The molecule has 4 N–H and O–H groups in total. The van der Waals surface area contributed by atoms with Crippen LogP contribution >= 0.6 is 31.1 Å². The molecule has 1 fully saturated rings. The molecule has 0 amide bonds. The number of nitrogen functional groups attached to an aromatic ring is 1. The molecule has 220 valence electrons. The highest BCUT2D eigenvalue weighted by atomic mass is 35.5. The van der Waals surface area contributed by atoms with Gasteiger partial charge in [-0.15, -0.1) is 11.8 Å². The van der Waals surface area contributed by atoms with Crippen LogP contribution < -0.4 is 21.0 Å². The summed E-state index contributed by atoms with van der Waals surface area (Å²) in [5, 5.41) is 10.5. The summed E-state index contributed by atoms with van der Waals surface area (Å²) in [6.45, 7) is 0.756. The number of aromatic nitrogens is 2. The van der Waals surface area contributed by atoms with Crippen molar-refractivity contribution < 1.29 is 37.0 Å². The Labute approximate surface area is 242 Å². The van der Waals surface area contributed by atoms with E-state index in [1.54, 1.807) is 30.3 Å². The molecule has 41 heavy (non-hydrogen) atoms. The lowest BCUT2D eigenvalue weighted by Gasteiger charge is -2.25. The molecule has 0 aliphatic carbocycles. The number of nitrogens with zero attached hydrogens (tertiary/aromatic N) is 2. The zero-order chi connectivity index (χ0) is 29.7. The molecule has 1 aliphatic heterocycles. The van der Waals surface area contributed by atoms with Crippen LogP contribution in [-0.4, -0.2) is 50.8 Å². The van der Waals surface area contributed by atoms with E-state index in [2.05, 4.69) is 10.1 Å². The first-order valence-electron chi connectivity index (χ1n) is 12.2. The minimum Gasteiger partial charge on any atom is -0.460 e. The van der Waals surface area contributed by atoms with Crippen LogP contribution in [0, 0.1) is 5.82 Å². The number of hydrogen-bond donors (Lipinski definition) is 3. The molecule has 0 bridgehead atoms. The van der Waals surface area contributed by atoms with Crippen LogP contribution in [-0.2, 0) is 25.2 Å². The van der Waals surface area contributed by atoms with Crippen LogP contribution in [0.2, 0.25) is 5.02 Å². The van der Waals surface area contributed by atoms with Gasteiger partial charge in [-0.05, 0) is 36.8 Å². The summed E-state index contributed by atoms with van der Waals surface area (Å²) in [7, 11) is -4.50. The molecule has 6 atom stereocenters. The van der Waals surface area contributed by atoms with Gasteiger partial charge in [-0.2, -0.15) is 10.1 Å². The maximum atomic E-state index is 15.0. The van der Waals surface area contributed by atoms with E-state index in [1.165, 1.54) is 19.2 Å². The number of aliphatic hydroxyl groups excluding tert-OH is 1. The van der Waals surface area contributed by atoms with E-state index < -0.39 is 60.8 Å². The van der Waals surface area contributed by atoms with Gasteiger partial charge in [0.05, 0.1) is 16.9 Å². The summed E-state index contributed by atoms with van der Waals surface area (Å²) >= 11 is 6.88. The van der Waals surface area contributed by atoms with Crippen molar-refractivity contribution in [3.8, 4) is 5.75 Å². The van der Waals surface area contributed by atoms with Crippen molar-refractivity contribution in [3.05, 3.63) is 87.7 Å². The molecule has 0 spiro atoms. The lowest BCUT2D eigenvalue weighted by Crippen LogP contribution is -2.36. The van der Waals surface area contributed by atoms with Gasteiger partial charge in [-0.1, -0.05) is 41.9 Å². The molecule has 1 aliphatic rings. The van der Waals surface area contributed by atoms with Gasteiger partial charge in [-0.25, -0.2) is 18.1 Å². The molecular formula is C25H26ClF2N4O7PS. The van der Waals surface area contributed by atoms with E-state index in [-0.39, 0.29) is 23.2 Å². The molecule has 4 rings (SSSR count). The first kappa shape index (κ1) is 30.9. The van der Waals surface area contributed by atoms with E-state index >= 15 is 4.39 Å². The van der Waals surface area contributed by atoms with E-state index in [4.69, 9.17) is 31.1 Å². The lowest BCUT2D eigenvalue weighted by atomic mass is 10.1. The number of esters is 1. The monoisotopic (exact) mass is 630 g/mol. The Morgan fingerprint density at radius 2 is 2.02 bits per heavy atom. The highest BCUT2D eigenvalue weighted by Gasteiger charge is 2.46. The number of nitrogens with one attached hydrogen (secondary N) is 1. The van der Waals surface area contributed by atoms with Crippen molar-refractivity contribution in [2.75, 3.05) is 12.3 Å². The van der Waals surface area contributed by atoms with E-state index in [9.17, 15) is 23.7 Å². The van der Waals surface area contributed by atoms with Crippen LogP contribution in [0.1, 0.15) is 17.9 Å². The summed E-state index contributed by atoms with van der Waals surface area (Å²) in [4.78, 5) is 28.4. The number of aliphatic hydroxyl groups is 1. The predicted molar refractivity (Wildman–Crippen MR) is 149 cm³/mol. The van der Waals surface area contributed by atoms with Crippen molar-refractivity contribution in [1.29, 1.82) is 0 Å². The third-order valence-electron chi connectivity index (χ3n) is 5.87. The highest BCUT2D eigenvalue weighted by Crippen LogP contribution is 2.50. The SMILES string of the molecule is C[C@H](NP(=O)(OC[C@H]1S[C@@H](n2ccc(N)nc2=O)[C@@H](F)[C@@H]1O)Oc1ccc(F)cc1Cl)C(=O)OCc1ccccc1. The Morgan fingerprint density at radius 1 is 1.29 bits per heavy atom. The number of alkyl halides is 1. The van der Waals surface area contributed by atoms with Crippen LogP contribution in [0.3, 0.4) is 0 Å². The average Bonchev–Trinajstić information content (AvgIpc) is 3.21.